The van der Waals surface area contributed by atoms with E-state index in [4.69, 9.17) is 9.84 Å². The fourth-order valence-corrected chi connectivity index (χ4v) is 3.89. The van der Waals surface area contributed by atoms with Gasteiger partial charge in [-0.1, -0.05) is 55.5 Å². The van der Waals surface area contributed by atoms with Crippen molar-refractivity contribution < 1.29 is 37.4 Å². The largest absolute Gasteiger partial charge is 0.481 e. The van der Waals surface area contributed by atoms with E-state index in [-0.39, 0.29) is 18.9 Å². The number of alkyl halides is 3. The lowest BCUT2D eigenvalue weighted by Gasteiger charge is -2.31. The third-order valence-corrected chi connectivity index (χ3v) is 6.07. The highest BCUT2D eigenvalue weighted by molar-refractivity contribution is 5.91. The normalized spacial score (nSPS) is 15.4. The molecule has 1 aliphatic rings. The quantitative estimate of drug-likeness (QED) is 0.531. The SMILES string of the molecule is CCC(CNC(=O)C(C)(NC(=O)OCC1c2ccccc2-c2ccccc21)C(F)(F)F)C(=O)O. The first-order valence-electron chi connectivity index (χ1n) is 10.7. The molecule has 0 spiro atoms. The molecule has 0 heterocycles. The standard InChI is InChI=1S/C24H25F3N2O5/c1-3-14(20(30)31)12-28-21(32)23(2,24(25,26)27)29-22(33)34-13-19-17-10-6-4-8-15(17)16-9-5-7-11-18(16)19/h4-11,14,19H,3,12-13H2,1-2H3,(H,28,32)(H,29,33)(H,30,31). The molecule has 2 amide bonds. The van der Waals surface area contributed by atoms with E-state index in [1.54, 1.807) is 5.32 Å². The van der Waals surface area contributed by atoms with Crippen LogP contribution in [0.2, 0.25) is 0 Å². The van der Waals surface area contributed by atoms with Crippen LogP contribution in [0, 0.1) is 5.92 Å². The molecule has 182 valence electrons. The first-order valence-corrected chi connectivity index (χ1v) is 10.7. The molecule has 3 rings (SSSR count). The fraction of sp³-hybridized carbons (Fsp3) is 0.375. The van der Waals surface area contributed by atoms with Crippen LogP contribution in [-0.4, -0.2) is 47.9 Å². The number of amides is 2. The lowest BCUT2D eigenvalue weighted by atomic mass is 9.98. The summed E-state index contributed by atoms with van der Waals surface area (Å²) in [6.45, 7) is 1.30. The van der Waals surface area contributed by atoms with Gasteiger partial charge < -0.3 is 15.2 Å². The average Bonchev–Trinajstić information content (AvgIpc) is 3.10. The number of ether oxygens (including phenoxy) is 1. The van der Waals surface area contributed by atoms with E-state index >= 15 is 0 Å². The minimum absolute atomic E-state index is 0.109. The molecule has 7 nitrogen and oxygen atoms in total. The number of carboxylic acids is 1. The molecule has 10 heteroatoms. The van der Waals surface area contributed by atoms with Crippen LogP contribution in [0.25, 0.3) is 11.1 Å². The number of halogens is 3. The Morgan fingerprint density at radius 1 is 1.03 bits per heavy atom. The molecule has 2 atom stereocenters. The van der Waals surface area contributed by atoms with Crippen molar-refractivity contribution in [2.24, 2.45) is 5.92 Å². The van der Waals surface area contributed by atoms with E-state index in [1.165, 1.54) is 6.92 Å². The number of carboxylic acid groups (broad SMARTS) is 1. The maximum Gasteiger partial charge on any atom is 0.420 e. The van der Waals surface area contributed by atoms with Gasteiger partial charge in [0.2, 0.25) is 5.54 Å². The number of carbonyl (C=O) groups excluding carboxylic acids is 2. The van der Waals surface area contributed by atoms with Crippen molar-refractivity contribution in [3.8, 4) is 11.1 Å². The Labute approximate surface area is 194 Å². The van der Waals surface area contributed by atoms with Crippen LogP contribution in [0.5, 0.6) is 0 Å². The summed E-state index contributed by atoms with van der Waals surface area (Å²) >= 11 is 0. The van der Waals surface area contributed by atoms with Gasteiger partial charge in [-0.3, -0.25) is 14.9 Å². The van der Waals surface area contributed by atoms with Crippen LogP contribution in [-0.2, 0) is 14.3 Å². The smallest absolute Gasteiger partial charge is 0.420 e. The van der Waals surface area contributed by atoms with Crippen LogP contribution < -0.4 is 10.6 Å². The molecule has 0 saturated heterocycles. The lowest BCUT2D eigenvalue weighted by Crippen LogP contribution is -2.65. The molecule has 2 unspecified atom stereocenters. The van der Waals surface area contributed by atoms with E-state index in [2.05, 4.69) is 0 Å². The number of rotatable bonds is 8. The molecule has 0 aliphatic heterocycles. The number of hydrogen-bond donors (Lipinski definition) is 3. The average molecular weight is 478 g/mol. The van der Waals surface area contributed by atoms with Crippen molar-refractivity contribution in [3.05, 3.63) is 59.7 Å². The zero-order valence-electron chi connectivity index (χ0n) is 18.6. The van der Waals surface area contributed by atoms with Gasteiger partial charge in [0, 0.05) is 12.5 Å². The van der Waals surface area contributed by atoms with E-state index in [0.717, 1.165) is 22.3 Å². The van der Waals surface area contributed by atoms with E-state index in [0.29, 0.717) is 6.92 Å². The lowest BCUT2D eigenvalue weighted by molar-refractivity contribution is -0.194. The maximum absolute atomic E-state index is 13.8. The number of fused-ring (bicyclic) bond motifs is 3. The fourth-order valence-electron chi connectivity index (χ4n) is 3.89. The number of carbonyl (C=O) groups is 3. The van der Waals surface area contributed by atoms with Crippen molar-refractivity contribution in [1.29, 1.82) is 0 Å². The zero-order valence-corrected chi connectivity index (χ0v) is 18.6. The van der Waals surface area contributed by atoms with Crippen molar-refractivity contribution in [2.75, 3.05) is 13.2 Å². The minimum Gasteiger partial charge on any atom is -0.481 e. The third-order valence-electron chi connectivity index (χ3n) is 6.07. The maximum atomic E-state index is 13.8. The number of benzene rings is 2. The Bertz CT molecular complexity index is 1040. The molecule has 0 bridgehead atoms. The Kier molecular flexibility index (Phi) is 7.18. The Morgan fingerprint density at radius 2 is 1.56 bits per heavy atom. The van der Waals surface area contributed by atoms with Crippen LogP contribution in [0.1, 0.15) is 37.3 Å². The van der Waals surface area contributed by atoms with Gasteiger partial charge in [-0.25, -0.2) is 4.79 Å². The summed E-state index contributed by atoms with van der Waals surface area (Å²) < 4.78 is 46.4. The monoisotopic (exact) mass is 478 g/mol. The van der Waals surface area contributed by atoms with Gasteiger partial charge in [-0.2, -0.15) is 13.2 Å². The molecule has 2 aromatic carbocycles. The highest BCUT2D eigenvalue weighted by Gasteiger charge is 2.58. The first-order chi connectivity index (χ1) is 16.0. The van der Waals surface area contributed by atoms with Crippen LogP contribution >= 0.6 is 0 Å². The van der Waals surface area contributed by atoms with Gasteiger partial charge in [-0.15, -0.1) is 0 Å². The number of aliphatic carboxylic acids is 1. The summed E-state index contributed by atoms with van der Waals surface area (Å²) in [5, 5.41) is 12.7. The van der Waals surface area contributed by atoms with Gasteiger partial charge in [0.1, 0.15) is 6.61 Å². The summed E-state index contributed by atoms with van der Waals surface area (Å²) in [7, 11) is 0. The topological polar surface area (TPSA) is 105 Å². The summed E-state index contributed by atoms with van der Waals surface area (Å²) in [5.41, 5.74) is 0.358. The van der Waals surface area contributed by atoms with Gasteiger partial charge in [0.05, 0.1) is 5.92 Å². The van der Waals surface area contributed by atoms with Crippen LogP contribution in [0.4, 0.5) is 18.0 Å². The summed E-state index contributed by atoms with van der Waals surface area (Å²) in [6, 6.07) is 14.9. The minimum atomic E-state index is -5.16. The molecule has 0 aromatic heterocycles. The third kappa shape index (κ3) is 4.85. The highest BCUT2D eigenvalue weighted by Crippen LogP contribution is 2.44. The van der Waals surface area contributed by atoms with Crippen molar-refractivity contribution in [2.45, 2.75) is 37.9 Å². The van der Waals surface area contributed by atoms with Crippen molar-refractivity contribution in [1.82, 2.24) is 10.6 Å². The summed E-state index contributed by atoms with van der Waals surface area (Å²) in [6.07, 6.45) is -6.46. The molecule has 2 aromatic rings. The van der Waals surface area contributed by atoms with Crippen LogP contribution in [0.15, 0.2) is 48.5 Å². The molecule has 0 fully saturated rings. The second kappa shape index (κ2) is 9.74. The highest BCUT2D eigenvalue weighted by atomic mass is 19.4. The summed E-state index contributed by atoms with van der Waals surface area (Å²) in [4.78, 5) is 35.9. The molecule has 1 aliphatic carbocycles. The number of alkyl carbamates (subject to hydrolysis) is 1. The van der Waals surface area contributed by atoms with E-state index in [1.807, 2.05) is 53.8 Å². The molecule has 0 radical (unpaired) electrons. The van der Waals surface area contributed by atoms with E-state index < -0.39 is 42.1 Å². The van der Waals surface area contributed by atoms with Gasteiger partial charge in [0.15, 0.2) is 0 Å². The zero-order chi connectivity index (χ0) is 25.1. The van der Waals surface area contributed by atoms with Crippen molar-refractivity contribution in [3.63, 3.8) is 0 Å². The molecule has 34 heavy (non-hydrogen) atoms. The van der Waals surface area contributed by atoms with Gasteiger partial charge in [0.25, 0.3) is 5.91 Å². The number of hydrogen-bond acceptors (Lipinski definition) is 4. The second-order valence-electron chi connectivity index (χ2n) is 8.23. The predicted molar refractivity (Wildman–Crippen MR) is 117 cm³/mol. The van der Waals surface area contributed by atoms with Gasteiger partial charge >= 0.3 is 18.2 Å². The Balaban J connectivity index is 1.71. The first kappa shape index (κ1) is 25.1. The van der Waals surface area contributed by atoms with Gasteiger partial charge in [-0.05, 0) is 35.6 Å². The molecular formula is C24H25F3N2O5. The Hall–Kier alpha value is -3.56. The van der Waals surface area contributed by atoms with Crippen molar-refractivity contribution >= 4 is 18.0 Å². The molecule has 0 saturated carbocycles. The van der Waals surface area contributed by atoms with E-state index in [9.17, 15) is 27.6 Å². The Morgan fingerprint density at radius 3 is 2.03 bits per heavy atom. The molecular weight excluding hydrogens is 453 g/mol. The number of nitrogens with one attached hydrogen (secondary N) is 2. The second-order valence-corrected chi connectivity index (χ2v) is 8.23. The van der Waals surface area contributed by atoms with Crippen LogP contribution in [0.3, 0.4) is 0 Å². The predicted octanol–water partition coefficient (Wildman–Crippen LogP) is 4.07. The summed E-state index contributed by atoms with van der Waals surface area (Å²) in [5.74, 6) is -4.25. The molecule has 3 N–H and O–H groups in total.